The molecule has 0 heterocycles. The molecule has 1 aromatic carbocycles. The average Bonchev–Trinajstić information content (AvgIpc) is 2.34. The number of carbonyl (C=O) groups is 1. The van der Waals surface area contributed by atoms with E-state index in [1.165, 1.54) is 18.9 Å². The van der Waals surface area contributed by atoms with Crippen molar-refractivity contribution in [2.75, 3.05) is 7.11 Å². The van der Waals surface area contributed by atoms with Crippen molar-refractivity contribution in [3.8, 4) is 0 Å². The topological polar surface area (TPSA) is 64.7 Å². The third-order valence-electron chi connectivity index (χ3n) is 2.18. The van der Waals surface area contributed by atoms with Gasteiger partial charge in [-0.3, -0.25) is 4.99 Å². The van der Waals surface area contributed by atoms with E-state index in [-0.39, 0.29) is 11.5 Å². The highest BCUT2D eigenvalue weighted by Gasteiger charge is 2.09. The lowest BCUT2D eigenvalue weighted by molar-refractivity contribution is 0.0600. The van der Waals surface area contributed by atoms with Crippen LogP contribution in [0.1, 0.15) is 36.7 Å². The molecule has 0 aromatic heterocycles. The summed E-state index contributed by atoms with van der Waals surface area (Å²) in [5, 5.41) is 0.552. The average molecular weight is 280 g/mol. The summed E-state index contributed by atoms with van der Waals surface area (Å²) >= 11 is 1.46. The van der Waals surface area contributed by atoms with Gasteiger partial charge in [0.1, 0.15) is 0 Å². The quantitative estimate of drug-likeness (QED) is 0.525. The normalized spacial score (nSPS) is 12.3. The second-order valence-electron chi connectivity index (χ2n) is 5.10. The van der Waals surface area contributed by atoms with Crippen molar-refractivity contribution in [3.63, 3.8) is 0 Å². The van der Waals surface area contributed by atoms with Crippen LogP contribution in [0.3, 0.4) is 0 Å². The van der Waals surface area contributed by atoms with E-state index in [1.807, 2.05) is 39.0 Å². The van der Waals surface area contributed by atoms with Gasteiger partial charge in [0, 0.05) is 5.75 Å². The number of hydrogen-bond acceptors (Lipinski definition) is 4. The fraction of sp³-hybridized carbons (Fsp3) is 0.429. The van der Waals surface area contributed by atoms with Gasteiger partial charge in [-0.2, -0.15) is 0 Å². The zero-order chi connectivity index (χ0) is 14.5. The maximum Gasteiger partial charge on any atom is 0.337 e. The summed E-state index contributed by atoms with van der Waals surface area (Å²) in [6, 6.07) is 7.32. The fourth-order valence-electron chi connectivity index (χ4n) is 1.43. The van der Waals surface area contributed by atoms with Crippen molar-refractivity contribution < 1.29 is 9.53 Å². The third kappa shape index (κ3) is 5.79. The van der Waals surface area contributed by atoms with Crippen LogP contribution >= 0.6 is 11.8 Å². The number of nitrogens with two attached hydrogens (primary N) is 1. The maximum atomic E-state index is 11.4. The first-order valence-corrected chi connectivity index (χ1v) is 6.96. The van der Waals surface area contributed by atoms with Crippen molar-refractivity contribution in [1.29, 1.82) is 0 Å². The summed E-state index contributed by atoms with van der Waals surface area (Å²) < 4.78 is 4.69. The summed E-state index contributed by atoms with van der Waals surface area (Å²) in [5.41, 5.74) is 7.24. The predicted octanol–water partition coefficient (Wildman–Crippen LogP) is 2.82. The number of rotatable bonds is 3. The highest BCUT2D eigenvalue weighted by atomic mass is 32.2. The third-order valence-corrected chi connectivity index (χ3v) is 3.05. The number of hydrogen-bond donors (Lipinski definition) is 1. The molecule has 104 valence electrons. The molecule has 0 bridgehead atoms. The van der Waals surface area contributed by atoms with E-state index < -0.39 is 0 Å². The Morgan fingerprint density at radius 1 is 1.42 bits per heavy atom. The molecule has 0 saturated heterocycles. The Bertz CT molecular complexity index is 479. The highest BCUT2D eigenvalue weighted by molar-refractivity contribution is 8.13. The summed E-state index contributed by atoms with van der Waals surface area (Å²) in [7, 11) is 1.37. The van der Waals surface area contributed by atoms with Gasteiger partial charge in [-0.25, -0.2) is 4.79 Å². The second-order valence-corrected chi connectivity index (χ2v) is 6.10. The number of benzene rings is 1. The predicted molar refractivity (Wildman–Crippen MR) is 80.5 cm³/mol. The van der Waals surface area contributed by atoms with Crippen LogP contribution in [0.25, 0.3) is 0 Å². The molecule has 0 aliphatic rings. The van der Waals surface area contributed by atoms with Crippen LogP contribution in [0, 0.1) is 0 Å². The second kappa shape index (κ2) is 6.61. The number of methoxy groups -OCH3 is 1. The summed E-state index contributed by atoms with van der Waals surface area (Å²) in [5.74, 6) is 0.346. The lowest BCUT2D eigenvalue weighted by Gasteiger charge is -2.13. The van der Waals surface area contributed by atoms with Crippen LogP contribution in [0.15, 0.2) is 29.3 Å². The number of aliphatic imine (C=N–C) groups is 1. The highest BCUT2D eigenvalue weighted by Crippen LogP contribution is 2.16. The van der Waals surface area contributed by atoms with Crippen molar-refractivity contribution in [2.45, 2.75) is 32.1 Å². The van der Waals surface area contributed by atoms with Crippen LogP contribution in [0.5, 0.6) is 0 Å². The van der Waals surface area contributed by atoms with E-state index in [9.17, 15) is 4.79 Å². The molecule has 4 nitrogen and oxygen atoms in total. The van der Waals surface area contributed by atoms with E-state index in [0.717, 1.165) is 5.56 Å². The first-order valence-electron chi connectivity index (χ1n) is 5.97. The molecule has 19 heavy (non-hydrogen) atoms. The Labute approximate surface area is 118 Å². The van der Waals surface area contributed by atoms with Crippen molar-refractivity contribution in [1.82, 2.24) is 0 Å². The molecule has 0 spiro atoms. The summed E-state index contributed by atoms with van der Waals surface area (Å²) in [6.07, 6.45) is 0. The minimum absolute atomic E-state index is 0.176. The van der Waals surface area contributed by atoms with E-state index in [2.05, 4.69) is 9.73 Å². The van der Waals surface area contributed by atoms with Crippen molar-refractivity contribution >= 4 is 22.9 Å². The van der Waals surface area contributed by atoms with Crippen LogP contribution in [0.2, 0.25) is 0 Å². The molecule has 0 atom stereocenters. The van der Waals surface area contributed by atoms with E-state index in [0.29, 0.717) is 16.5 Å². The molecule has 2 N–H and O–H groups in total. The molecule has 0 aliphatic heterocycles. The summed E-state index contributed by atoms with van der Waals surface area (Å²) in [4.78, 5) is 15.8. The molecular formula is C14H20N2O2S. The Balaban J connectivity index is 2.69. The molecule has 0 fully saturated rings. The number of thioether (sulfide) groups is 1. The lowest BCUT2D eigenvalue weighted by atomic mass is 10.1. The Kier molecular flexibility index (Phi) is 5.42. The van der Waals surface area contributed by atoms with E-state index in [4.69, 9.17) is 5.73 Å². The maximum absolute atomic E-state index is 11.4. The van der Waals surface area contributed by atoms with Gasteiger partial charge in [-0.05, 0) is 38.5 Å². The van der Waals surface area contributed by atoms with Gasteiger partial charge in [0.05, 0.1) is 18.2 Å². The first kappa shape index (κ1) is 15.6. The lowest BCUT2D eigenvalue weighted by Crippen LogP contribution is -2.17. The zero-order valence-corrected chi connectivity index (χ0v) is 12.6. The molecule has 1 rings (SSSR count). The Morgan fingerprint density at radius 2 is 2.11 bits per heavy atom. The Hall–Kier alpha value is -1.49. The van der Waals surface area contributed by atoms with Crippen LogP contribution in [-0.4, -0.2) is 23.8 Å². The van der Waals surface area contributed by atoms with Crippen LogP contribution in [0.4, 0.5) is 0 Å². The smallest absolute Gasteiger partial charge is 0.337 e. The molecule has 0 saturated carbocycles. The minimum Gasteiger partial charge on any atom is -0.465 e. The van der Waals surface area contributed by atoms with Crippen LogP contribution < -0.4 is 5.73 Å². The van der Waals surface area contributed by atoms with Crippen molar-refractivity contribution in [3.05, 3.63) is 35.4 Å². The van der Waals surface area contributed by atoms with Gasteiger partial charge in [0.25, 0.3) is 0 Å². The van der Waals surface area contributed by atoms with E-state index >= 15 is 0 Å². The number of ether oxygens (including phenoxy) is 1. The SMILES string of the molecule is COC(=O)c1cccc(CSC(N)=NC(C)(C)C)c1. The fourth-order valence-corrected chi connectivity index (χ4v) is 2.26. The number of amidine groups is 1. The molecule has 0 amide bonds. The van der Waals surface area contributed by atoms with Crippen molar-refractivity contribution in [2.24, 2.45) is 10.7 Å². The van der Waals surface area contributed by atoms with Gasteiger partial charge < -0.3 is 10.5 Å². The molecule has 5 heteroatoms. The largest absolute Gasteiger partial charge is 0.465 e. The van der Waals surface area contributed by atoms with Gasteiger partial charge in [-0.15, -0.1) is 0 Å². The van der Waals surface area contributed by atoms with Gasteiger partial charge in [0.15, 0.2) is 5.17 Å². The molecule has 0 unspecified atom stereocenters. The first-order chi connectivity index (χ1) is 8.81. The monoisotopic (exact) mass is 280 g/mol. The minimum atomic E-state index is -0.330. The molecule has 0 radical (unpaired) electrons. The Morgan fingerprint density at radius 3 is 2.68 bits per heavy atom. The molecule has 0 aliphatic carbocycles. The number of nitrogens with zero attached hydrogens (tertiary/aromatic N) is 1. The molecule has 1 aromatic rings. The number of carbonyl (C=O) groups excluding carboxylic acids is 1. The standard InChI is InChI=1S/C14H20N2O2S/c1-14(2,3)16-13(15)19-9-10-6-5-7-11(8-10)12(17)18-4/h5-8H,9H2,1-4H3,(H2,15,16). The number of esters is 1. The van der Waals surface area contributed by atoms with Gasteiger partial charge in [0.2, 0.25) is 0 Å². The van der Waals surface area contributed by atoms with Crippen LogP contribution in [-0.2, 0) is 10.5 Å². The molecular weight excluding hydrogens is 260 g/mol. The van der Waals surface area contributed by atoms with Gasteiger partial charge >= 0.3 is 5.97 Å². The summed E-state index contributed by atoms with van der Waals surface area (Å²) in [6.45, 7) is 5.99. The zero-order valence-electron chi connectivity index (χ0n) is 11.8. The van der Waals surface area contributed by atoms with E-state index in [1.54, 1.807) is 6.07 Å². The van der Waals surface area contributed by atoms with Gasteiger partial charge in [-0.1, -0.05) is 23.9 Å².